The molecule has 2 aromatic carbocycles. The zero-order chi connectivity index (χ0) is 11.5. The van der Waals surface area contributed by atoms with Crippen LogP contribution < -0.4 is 0 Å². The van der Waals surface area contributed by atoms with Gasteiger partial charge >= 0.3 is 0 Å². The van der Waals surface area contributed by atoms with Crippen molar-refractivity contribution in [2.75, 3.05) is 0 Å². The lowest BCUT2D eigenvalue weighted by molar-refractivity contribution is 0.471. The fraction of sp³-hybridized carbons (Fsp3) is 0. The van der Waals surface area contributed by atoms with Gasteiger partial charge in [0.05, 0.1) is 0 Å². The van der Waals surface area contributed by atoms with Gasteiger partial charge in [-0.3, -0.25) is 0 Å². The molecule has 0 aliphatic rings. The summed E-state index contributed by atoms with van der Waals surface area (Å²) in [5, 5.41) is 19.4. The van der Waals surface area contributed by atoms with Crippen LogP contribution in [0.5, 0.6) is 11.5 Å². The molecule has 2 N–H and O–H groups in total. The highest BCUT2D eigenvalue weighted by Crippen LogP contribution is 2.32. The van der Waals surface area contributed by atoms with Crippen LogP contribution in [0.4, 0.5) is 0 Å². The van der Waals surface area contributed by atoms with Gasteiger partial charge in [0, 0.05) is 11.1 Å². The van der Waals surface area contributed by atoms with E-state index in [0.717, 1.165) is 0 Å². The Morgan fingerprint density at radius 1 is 0.750 bits per heavy atom. The van der Waals surface area contributed by atoms with Crippen molar-refractivity contribution in [1.82, 2.24) is 0 Å². The van der Waals surface area contributed by atoms with Gasteiger partial charge in [0.1, 0.15) is 11.5 Å². The summed E-state index contributed by atoms with van der Waals surface area (Å²) in [5.74, 6) is 0.325. The van der Waals surface area contributed by atoms with Crippen LogP contribution in [-0.2, 0) is 0 Å². The molecule has 0 amide bonds. The van der Waals surface area contributed by atoms with Gasteiger partial charge in [-0.15, -0.1) is 0 Å². The summed E-state index contributed by atoms with van der Waals surface area (Å²) in [6, 6.07) is 13.9. The fourth-order valence-corrected chi connectivity index (χ4v) is 1.60. The van der Waals surface area contributed by atoms with Gasteiger partial charge in [-0.25, -0.2) is 0 Å². The maximum absolute atomic E-state index is 9.69. The second-order valence-electron chi connectivity index (χ2n) is 3.51. The predicted molar refractivity (Wildman–Crippen MR) is 64.3 cm³/mol. The first-order chi connectivity index (χ1) is 7.70. The number of aromatic hydroxyl groups is 2. The summed E-state index contributed by atoms with van der Waals surface area (Å²) in [6.07, 6.45) is 0. The third-order valence-corrected chi connectivity index (χ3v) is 2.46. The Labute approximate surface area is 94.1 Å². The number of phenols is 2. The van der Waals surface area contributed by atoms with Gasteiger partial charge in [-0.05, 0) is 17.7 Å². The maximum Gasteiger partial charge on any atom is 0.123 e. The van der Waals surface area contributed by atoms with E-state index >= 15 is 0 Å². The topological polar surface area (TPSA) is 40.5 Å². The average molecular weight is 212 g/mol. The molecule has 0 aliphatic heterocycles. The van der Waals surface area contributed by atoms with Crippen LogP contribution in [0.25, 0.3) is 5.57 Å². The van der Waals surface area contributed by atoms with Gasteiger partial charge in [-0.2, -0.15) is 0 Å². The van der Waals surface area contributed by atoms with E-state index in [-0.39, 0.29) is 11.5 Å². The highest BCUT2D eigenvalue weighted by Gasteiger charge is 2.09. The molecule has 16 heavy (non-hydrogen) atoms. The van der Waals surface area contributed by atoms with E-state index in [9.17, 15) is 10.2 Å². The maximum atomic E-state index is 9.69. The van der Waals surface area contributed by atoms with Crippen molar-refractivity contribution < 1.29 is 10.2 Å². The Hall–Kier alpha value is -2.22. The Morgan fingerprint density at radius 3 is 1.50 bits per heavy atom. The van der Waals surface area contributed by atoms with Gasteiger partial charge in [0.2, 0.25) is 0 Å². The van der Waals surface area contributed by atoms with E-state index in [1.54, 1.807) is 36.4 Å². The first-order valence-electron chi connectivity index (χ1n) is 4.96. The van der Waals surface area contributed by atoms with Crippen molar-refractivity contribution in [1.29, 1.82) is 0 Å². The minimum Gasteiger partial charge on any atom is -0.507 e. The summed E-state index contributed by atoms with van der Waals surface area (Å²) < 4.78 is 0. The number of hydrogen-bond donors (Lipinski definition) is 2. The molecule has 2 heteroatoms. The molecule has 0 radical (unpaired) electrons. The van der Waals surface area contributed by atoms with Crippen molar-refractivity contribution in [3.8, 4) is 11.5 Å². The summed E-state index contributed by atoms with van der Waals surface area (Å²) in [4.78, 5) is 0. The number of phenolic OH excluding ortho intramolecular Hbond substituents is 2. The Balaban J connectivity index is 2.48. The molecule has 0 aromatic heterocycles. The molecule has 80 valence electrons. The lowest BCUT2D eigenvalue weighted by atomic mass is 9.98. The third kappa shape index (κ3) is 1.77. The van der Waals surface area contributed by atoms with E-state index < -0.39 is 0 Å². The zero-order valence-electron chi connectivity index (χ0n) is 8.72. The standard InChI is InChI=1S/C14H12O2/c1-10(11-6-2-4-8-13(11)15)12-7-3-5-9-14(12)16/h2-9,15-16H,1H2. The van der Waals surface area contributed by atoms with Gasteiger partial charge < -0.3 is 10.2 Å². The monoisotopic (exact) mass is 212 g/mol. The van der Waals surface area contributed by atoms with E-state index in [2.05, 4.69) is 6.58 Å². The molecule has 0 fully saturated rings. The van der Waals surface area contributed by atoms with Crippen LogP contribution in [0.15, 0.2) is 55.1 Å². The molecular weight excluding hydrogens is 200 g/mol. The summed E-state index contributed by atoms with van der Waals surface area (Å²) in [7, 11) is 0. The van der Waals surface area contributed by atoms with Gasteiger partial charge in [-0.1, -0.05) is 43.0 Å². The Morgan fingerprint density at radius 2 is 1.12 bits per heavy atom. The van der Waals surface area contributed by atoms with Crippen LogP contribution >= 0.6 is 0 Å². The quantitative estimate of drug-likeness (QED) is 0.802. The molecule has 0 heterocycles. The molecule has 0 atom stereocenters. The van der Waals surface area contributed by atoms with E-state index in [1.165, 1.54) is 0 Å². The van der Waals surface area contributed by atoms with Crippen molar-refractivity contribution in [3.63, 3.8) is 0 Å². The average Bonchev–Trinajstić information content (AvgIpc) is 2.29. The van der Waals surface area contributed by atoms with Crippen LogP contribution in [0.2, 0.25) is 0 Å². The van der Waals surface area contributed by atoms with Gasteiger partial charge in [0.25, 0.3) is 0 Å². The molecule has 0 saturated heterocycles. The molecule has 2 nitrogen and oxygen atoms in total. The molecule has 2 rings (SSSR count). The SMILES string of the molecule is C=C(c1ccccc1O)c1ccccc1O. The molecule has 0 bridgehead atoms. The number of para-hydroxylation sites is 2. The van der Waals surface area contributed by atoms with Gasteiger partial charge in [0.15, 0.2) is 0 Å². The predicted octanol–water partition coefficient (Wildman–Crippen LogP) is 3.16. The van der Waals surface area contributed by atoms with Crippen LogP contribution in [0.1, 0.15) is 11.1 Å². The summed E-state index contributed by atoms with van der Waals surface area (Å²) >= 11 is 0. The number of hydrogen-bond acceptors (Lipinski definition) is 2. The van der Waals surface area contributed by atoms with E-state index in [4.69, 9.17) is 0 Å². The summed E-state index contributed by atoms with van der Waals surface area (Å²) in [6.45, 7) is 3.90. The second-order valence-corrected chi connectivity index (χ2v) is 3.51. The normalized spacial score (nSPS) is 10.0. The van der Waals surface area contributed by atoms with Crippen molar-refractivity contribution in [2.24, 2.45) is 0 Å². The molecule has 0 unspecified atom stereocenters. The van der Waals surface area contributed by atoms with Crippen LogP contribution in [0, 0.1) is 0 Å². The Kier molecular flexibility index (Phi) is 2.64. The minimum absolute atomic E-state index is 0.163. The van der Waals surface area contributed by atoms with Crippen LogP contribution in [-0.4, -0.2) is 10.2 Å². The first-order valence-corrected chi connectivity index (χ1v) is 4.96. The second kappa shape index (κ2) is 4.11. The van der Waals surface area contributed by atoms with Crippen LogP contribution in [0.3, 0.4) is 0 Å². The first kappa shape index (κ1) is 10.3. The molecule has 2 aromatic rings. The zero-order valence-corrected chi connectivity index (χ0v) is 8.72. The molecular formula is C14H12O2. The molecule has 0 saturated carbocycles. The number of rotatable bonds is 2. The number of benzene rings is 2. The minimum atomic E-state index is 0.163. The van der Waals surface area contributed by atoms with E-state index in [1.807, 2.05) is 12.1 Å². The molecule has 0 spiro atoms. The summed E-state index contributed by atoms with van der Waals surface area (Å²) in [5.41, 5.74) is 1.87. The van der Waals surface area contributed by atoms with Crippen molar-refractivity contribution in [2.45, 2.75) is 0 Å². The highest BCUT2D eigenvalue weighted by molar-refractivity contribution is 5.83. The van der Waals surface area contributed by atoms with E-state index in [0.29, 0.717) is 16.7 Å². The lowest BCUT2D eigenvalue weighted by Crippen LogP contribution is -1.87. The van der Waals surface area contributed by atoms with Crippen molar-refractivity contribution >= 4 is 5.57 Å². The smallest absolute Gasteiger partial charge is 0.123 e. The lowest BCUT2D eigenvalue weighted by Gasteiger charge is -2.09. The third-order valence-electron chi connectivity index (χ3n) is 2.46. The molecule has 0 aliphatic carbocycles. The highest BCUT2D eigenvalue weighted by atomic mass is 16.3. The largest absolute Gasteiger partial charge is 0.507 e. The fourth-order valence-electron chi connectivity index (χ4n) is 1.60. The van der Waals surface area contributed by atoms with Crippen molar-refractivity contribution in [3.05, 3.63) is 66.2 Å². The Bertz CT molecular complexity index is 482.